The fraction of sp³-hybridized carbons (Fsp3) is 0.615. The van der Waals surface area contributed by atoms with E-state index >= 15 is 0 Å². The Morgan fingerprint density at radius 3 is 2.71 bits per heavy atom. The van der Waals surface area contributed by atoms with Crippen molar-refractivity contribution in [1.29, 1.82) is 0 Å². The van der Waals surface area contributed by atoms with Gasteiger partial charge in [0.15, 0.2) is 0 Å². The topological polar surface area (TPSA) is 120 Å². The van der Waals surface area contributed by atoms with E-state index in [9.17, 15) is 14.4 Å². The average molecular weight is 467 g/mol. The van der Waals surface area contributed by atoms with Crippen molar-refractivity contribution in [2.24, 2.45) is 34.5 Å². The molecule has 8 nitrogen and oxygen atoms in total. The molecule has 182 valence electrons. The highest BCUT2D eigenvalue weighted by Gasteiger charge is 2.59. The number of nitrogens with zero attached hydrogens (tertiary/aromatic N) is 1. The molecule has 3 amide bonds. The number of carbonyl (C=O) groups is 3. The van der Waals surface area contributed by atoms with Crippen LogP contribution in [0.2, 0.25) is 0 Å². The van der Waals surface area contributed by atoms with Crippen LogP contribution in [0, 0.1) is 34.5 Å². The second-order valence-electron chi connectivity index (χ2n) is 11.2. The van der Waals surface area contributed by atoms with Crippen LogP contribution >= 0.6 is 0 Å². The lowest BCUT2D eigenvalue weighted by molar-refractivity contribution is -0.123. The monoisotopic (exact) mass is 466 g/mol. The number of hydrogen-bond donors (Lipinski definition) is 4. The van der Waals surface area contributed by atoms with Gasteiger partial charge in [0, 0.05) is 24.1 Å². The molecule has 1 unspecified atom stereocenters. The number of carbonyl (C=O) groups excluding carboxylic acids is 3. The Morgan fingerprint density at radius 2 is 1.97 bits per heavy atom. The van der Waals surface area contributed by atoms with Crippen LogP contribution in [0.5, 0.6) is 0 Å². The van der Waals surface area contributed by atoms with E-state index in [2.05, 4.69) is 35.5 Å². The van der Waals surface area contributed by atoms with Crippen molar-refractivity contribution in [3.63, 3.8) is 0 Å². The molecule has 1 aliphatic heterocycles. The van der Waals surface area contributed by atoms with E-state index < -0.39 is 5.91 Å². The van der Waals surface area contributed by atoms with Gasteiger partial charge in [0.05, 0.1) is 5.56 Å². The van der Waals surface area contributed by atoms with Gasteiger partial charge in [0.2, 0.25) is 11.8 Å². The molecule has 5 rings (SSSR count). The lowest BCUT2D eigenvalue weighted by Gasteiger charge is -2.59. The summed E-state index contributed by atoms with van der Waals surface area (Å²) < 4.78 is 0. The number of rotatable bonds is 4. The summed E-state index contributed by atoms with van der Waals surface area (Å²) in [5, 5.41) is 14.8. The highest BCUT2D eigenvalue weighted by Crippen LogP contribution is 2.65. The Kier molecular flexibility index (Phi) is 5.74. The molecular weight excluding hydrogens is 432 g/mol. The Morgan fingerprint density at radius 1 is 1.15 bits per heavy atom. The van der Waals surface area contributed by atoms with E-state index in [1.165, 1.54) is 12.3 Å². The predicted octanol–water partition coefficient (Wildman–Crippen LogP) is 3.44. The van der Waals surface area contributed by atoms with Crippen LogP contribution in [0.15, 0.2) is 30.5 Å². The lowest BCUT2D eigenvalue weighted by Crippen LogP contribution is -2.59. The van der Waals surface area contributed by atoms with Crippen LogP contribution in [-0.4, -0.2) is 34.0 Å². The van der Waals surface area contributed by atoms with Crippen LogP contribution in [0.4, 0.5) is 5.82 Å². The summed E-state index contributed by atoms with van der Waals surface area (Å²) in [4.78, 5) is 40.4. The molecule has 0 saturated heterocycles. The minimum absolute atomic E-state index is 0.0262. The first-order chi connectivity index (χ1) is 16.2. The molecule has 3 fully saturated rings. The van der Waals surface area contributed by atoms with Crippen molar-refractivity contribution in [2.75, 3.05) is 5.32 Å². The van der Waals surface area contributed by atoms with Crippen molar-refractivity contribution >= 4 is 23.5 Å². The summed E-state index contributed by atoms with van der Waals surface area (Å²) in [6.07, 6.45) is 12.4. The highest BCUT2D eigenvalue weighted by molar-refractivity contribution is 5.94. The Labute approximate surface area is 199 Å². The molecule has 3 aliphatic carbocycles. The molecule has 0 spiro atoms. The van der Waals surface area contributed by atoms with Crippen molar-refractivity contribution in [3.05, 3.63) is 36.0 Å². The fourth-order valence-electron chi connectivity index (χ4n) is 7.86. The van der Waals surface area contributed by atoms with Crippen LogP contribution in [0.3, 0.4) is 0 Å². The van der Waals surface area contributed by atoms with E-state index in [4.69, 9.17) is 5.21 Å². The zero-order chi connectivity index (χ0) is 24.1. The van der Waals surface area contributed by atoms with Gasteiger partial charge < -0.3 is 10.6 Å². The van der Waals surface area contributed by atoms with Gasteiger partial charge in [-0.2, -0.15) is 0 Å². The normalized spacial score (nSPS) is 38.2. The van der Waals surface area contributed by atoms with E-state index in [-0.39, 0.29) is 34.2 Å². The third-order valence-corrected chi connectivity index (χ3v) is 9.71. The van der Waals surface area contributed by atoms with Crippen LogP contribution in [0.25, 0.3) is 0 Å². The molecule has 1 aromatic rings. The van der Waals surface area contributed by atoms with Crippen molar-refractivity contribution in [2.45, 2.75) is 64.8 Å². The number of aromatic nitrogens is 1. The summed E-state index contributed by atoms with van der Waals surface area (Å²) in [6, 6.07) is 3.32. The third kappa shape index (κ3) is 3.72. The first-order valence-electron chi connectivity index (χ1n) is 12.4. The van der Waals surface area contributed by atoms with Crippen LogP contribution in [-0.2, 0) is 9.59 Å². The van der Waals surface area contributed by atoms with E-state index in [0.29, 0.717) is 35.9 Å². The maximum Gasteiger partial charge on any atom is 0.276 e. The van der Waals surface area contributed by atoms with Gasteiger partial charge >= 0.3 is 0 Å². The van der Waals surface area contributed by atoms with Crippen molar-refractivity contribution in [1.82, 2.24) is 15.8 Å². The second-order valence-corrected chi connectivity index (χ2v) is 11.2. The molecular formula is C26H34N4O4. The number of hydroxylamine groups is 1. The second kappa shape index (κ2) is 8.48. The Bertz CT molecular complexity index is 1020. The summed E-state index contributed by atoms with van der Waals surface area (Å²) in [5.74, 6) is 1.92. The van der Waals surface area contributed by atoms with Crippen molar-refractivity contribution in [3.8, 4) is 0 Å². The molecule has 8 heteroatoms. The standard InChI is InChI=1S/C26H34N4O4/c1-25-11-9-19-17(5-7-20-26(19,2)12-10-22(31)28-20)18(25)6-4-16(25)13-23(32)29-21-8-3-15(14-27-21)24(33)30-34/h3,8,10,12,14,16-20,34H,4-7,9,11,13H2,1-2H3,(H,28,31)(H,30,33)(H,27,29,32)/t16-,17+,18+,19+,20?,25-,26-/m1/s1. The van der Waals surface area contributed by atoms with E-state index in [1.807, 2.05) is 0 Å². The fourth-order valence-corrected chi connectivity index (χ4v) is 7.86. The number of anilines is 1. The van der Waals surface area contributed by atoms with E-state index in [0.717, 1.165) is 38.5 Å². The first kappa shape index (κ1) is 23.0. The maximum atomic E-state index is 12.9. The number of nitrogens with one attached hydrogen (secondary N) is 3. The number of amides is 3. The zero-order valence-electron chi connectivity index (χ0n) is 19.8. The van der Waals surface area contributed by atoms with Gasteiger partial charge in [-0.1, -0.05) is 19.9 Å². The van der Waals surface area contributed by atoms with Crippen LogP contribution < -0.4 is 16.1 Å². The predicted molar refractivity (Wildman–Crippen MR) is 126 cm³/mol. The molecule has 4 N–H and O–H groups in total. The molecule has 0 bridgehead atoms. The summed E-state index contributed by atoms with van der Waals surface area (Å²) in [5.41, 5.74) is 1.97. The SMILES string of the molecule is C[C@]12CC[C@H]3[C@@H](CCC4NC(=O)C=C[C@@]43C)[C@@H]1CC[C@@H]2CC(=O)Nc1ccc(C(=O)NO)cn1. The smallest absolute Gasteiger partial charge is 0.276 e. The molecule has 3 saturated carbocycles. The summed E-state index contributed by atoms with van der Waals surface area (Å²) in [6.45, 7) is 4.72. The van der Waals surface area contributed by atoms with Gasteiger partial charge in [-0.05, 0) is 85.8 Å². The highest BCUT2D eigenvalue weighted by atomic mass is 16.5. The van der Waals surface area contributed by atoms with Crippen molar-refractivity contribution < 1.29 is 19.6 Å². The number of fused-ring (bicyclic) bond motifs is 5. The van der Waals surface area contributed by atoms with Gasteiger partial charge in [-0.3, -0.25) is 19.6 Å². The molecule has 0 aromatic carbocycles. The minimum atomic E-state index is -0.639. The third-order valence-electron chi connectivity index (χ3n) is 9.71. The summed E-state index contributed by atoms with van der Waals surface area (Å²) >= 11 is 0. The average Bonchev–Trinajstić information content (AvgIpc) is 3.15. The van der Waals surface area contributed by atoms with E-state index in [1.54, 1.807) is 17.6 Å². The van der Waals surface area contributed by atoms with Gasteiger partial charge in [-0.25, -0.2) is 10.5 Å². The Hall–Kier alpha value is -2.74. The molecule has 34 heavy (non-hydrogen) atoms. The zero-order valence-corrected chi connectivity index (χ0v) is 19.8. The number of hydrogen-bond acceptors (Lipinski definition) is 5. The lowest BCUT2D eigenvalue weighted by atomic mass is 9.48. The Balaban J connectivity index is 1.25. The summed E-state index contributed by atoms with van der Waals surface area (Å²) in [7, 11) is 0. The first-order valence-corrected chi connectivity index (χ1v) is 12.4. The largest absolute Gasteiger partial charge is 0.349 e. The maximum absolute atomic E-state index is 12.9. The molecule has 2 heterocycles. The molecule has 7 atom stereocenters. The number of pyridine rings is 1. The quantitative estimate of drug-likeness (QED) is 0.400. The van der Waals surface area contributed by atoms with Gasteiger partial charge in [0.25, 0.3) is 5.91 Å². The van der Waals surface area contributed by atoms with Gasteiger partial charge in [-0.15, -0.1) is 0 Å². The van der Waals surface area contributed by atoms with Gasteiger partial charge in [0.1, 0.15) is 5.82 Å². The molecule has 1 aromatic heterocycles. The molecule has 0 radical (unpaired) electrons. The molecule has 4 aliphatic rings. The van der Waals surface area contributed by atoms with Crippen LogP contribution in [0.1, 0.15) is 69.2 Å². The minimum Gasteiger partial charge on any atom is -0.349 e.